The van der Waals surface area contributed by atoms with Gasteiger partial charge in [-0.05, 0) is 12.0 Å². The molecule has 76 valence electrons. The highest BCUT2D eigenvalue weighted by Gasteiger charge is 2.64. The van der Waals surface area contributed by atoms with Crippen molar-refractivity contribution in [3.8, 4) is 0 Å². The van der Waals surface area contributed by atoms with Gasteiger partial charge in [-0.1, -0.05) is 18.7 Å². The Morgan fingerprint density at radius 1 is 1.57 bits per heavy atom. The zero-order chi connectivity index (χ0) is 9.76. The quantitative estimate of drug-likeness (QED) is 0.676. The molecule has 0 aromatic carbocycles. The molecule has 3 aliphatic rings. The summed E-state index contributed by atoms with van der Waals surface area (Å²) in [5.41, 5.74) is 1.12. The number of allylic oxidation sites excluding steroid dienone is 2. The normalized spacial score (nSPS) is 52.6. The van der Waals surface area contributed by atoms with Crippen molar-refractivity contribution in [2.45, 2.75) is 30.8 Å². The summed E-state index contributed by atoms with van der Waals surface area (Å²) < 4.78 is 11.4. The monoisotopic (exact) mass is 194 g/mol. The van der Waals surface area contributed by atoms with Gasteiger partial charge in [0.15, 0.2) is 5.79 Å². The Labute approximate surface area is 83.0 Å². The molecule has 0 amide bonds. The van der Waals surface area contributed by atoms with Gasteiger partial charge in [0, 0.05) is 6.42 Å². The van der Waals surface area contributed by atoms with E-state index in [9.17, 15) is 5.11 Å². The zero-order valence-electron chi connectivity index (χ0n) is 7.98. The van der Waals surface area contributed by atoms with Crippen LogP contribution in [-0.2, 0) is 9.47 Å². The zero-order valence-corrected chi connectivity index (χ0v) is 7.98. The molecule has 2 bridgehead atoms. The molecule has 1 N–H and O–H groups in total. The maximum absolute atomic E-state index is 10.0. The number of hydrogen-bond donors (Lipinski definition) is 1. The molecule has 1 spiro atoms. The van der Waals surface area contributed by atoms with Crippen LogP contribution < -0.4 is 0 Å². The lowest BCUT2D eigenvalue weighted by Crippen LogP contribution is -2.37. The van der Waals surface area contributed by atoms with Gasteiger partial charge in [0.25, 0.3) is 0 Å². The lowest BCUT2D eigenvalue weighted by molar-refractivity contribution is -0.182. The number of hydrogen-bond acceptors (Lipinski definition) is 3. The van der Waals surface area contributed by atoms with Gasteiger partial charge in [0.2, 0.25) is 0 Å². The highest BCUT2D eigenvalue weighted by molar-refractivity contribution is 5.26. The fourth-order valence-electron chi connectivity index (χ4n) is 2.96. The third-order valence-electron chi connectivity index (χ3n) is 3.54. The summed E-state index contributed by atoms with van der Waals surface area (Å²) >= 11 is 0. The van der Waals surface area contributed by atoms with Crippen LogP contribution in [-0.4, -0.2) is 29.7 Å². The Morgan fingerprint density at radius 3 is 3.21 bits per heavy atom. The first-order valence-electron chi connectivity index (χ1n) is 5.08. The molecule has 3 rings (SSSR count). The van der Waals surface area contributed by atoms with Crippen molar-refractivity contribution in [3.63, 3.8) is 0 Å². The number of ether oxygens (including phenoxy) is 2. The van der Waals surface area contributed by atoms with Gasteiger partial charge in [-0.2, -0.15) is 0 Å². The lowest BCUT2D eigenvalue weighted by atomic mass is 9.81. The number of aliphatic hydroxyl groups excluding tert-OH is 1. The lowest BCUT2D eigenvalue weighted by Gasteiger charge is -2.26. The highest BCUT2D eigenvalue weighted by atomic mass is 16.7. The first kappa shape index (κ1) is 8.65. The summed E-state index contributed by atoms with van der Waals surface area (Å²) in [5, 5.41) is 10.0. The molecule has 3 nitrogen and oxygen atoms in total. The van der Waals surface area contributed by atoms with E-state index < -0.39 is 11.9 Å². The molecule has 3 saturated heterocycles. The molecule has 0 aromatic heterocycles. The number of aliphatic hydroxyl groups is 1. The van der Waals surface area contributed by atoms with Gasteiger partial charge >= 0.3 is 0 Å². The predicted molar refractivity (Wildman–Crippen MR) is 50.6 cm³/mol. The molecule has 0 aliphatic carbocycles. The van der Waals surface area contributed by atoms with Crippen molar-refractivity contribution in [1.82, 2.24) is 0 Å². The summed E-state index contributed by atoms with van der Waals surface area (Å²) in [6, 6.07) is 0. The van der Waals surface area contributed by atoms with Gasteiger partial charge in [-0.15, -0.1) is 0 Å². The van der Waals surface area contributed by atoms with E-state index in [1.807, 2.05) is 6.08 Å². The summed E-state index contributed by atoms with van der Waals surface area (Å²) in [4.78, 5) is 0. The SMILES string of the molecule is C=C/C=C1/CO[C@@]23CC[C@@H](O2)[C@@H](O)[C@@H]13. The van der Waals surface area contributed by atoms with Crippen LogP contribution in [0.2, 0.25) is 0 Å². The number of fused-ring (bicyclic) bond motifs is 1. The van der Waals surface area contributed by atoms with E-state index >= 15 is 0 Å². The summed E-state index contributed by atoms with van der Waals surface area (Å²) in [7, 11) is 0. The van der Waals surface area contributed by atoms with Crippen molar-refractivity contribution in [1.29, 1.82) is 0 Å². The third kappa shape index (κ3) is 0.874. The molecule has 3 heteroatoms. The standard InChI is InChI=1S/C11H14O3/c1-2-3-7-6-13-11-5-4-8(14-11)10(12)9(7)11/h2-3,8-10,12H,1,4-6H2/b7-3-/t8-,9-,10-,11+/m1/s1. The molecule has 3 fully saturated rings. The van der Waals surface area contributed by atoms with E-state index in [1.54, 1.807) is 6.08 Å². The minimum atomic E-state index is -0.501. The van der Waals surface area contributed by atoms with Crippen LogP contribution in [0.25, 0.3) is 0 Å². The van der Waals surface area contributed by atoms with E-state index in [1.165, 1.54) is 0 Å². The Hall–Kier alpha value is -0.640. The van der Waals surface area contributed by atoms with E-state index in [4.69, 9.17) is 9.47 Å². The molecule has 3 aliphatic heterocycles. The molecule has 0 unspecified atom stereocenters. The van der Waals surface area contributed by atoms with Gasteiger partial charge in [-0.25, -0.2) is 0 Å². The molecule has 0 radical (unpaired) electrons. The Balaban J connectivity index is 1.99. The van der Waals surface area contributed by atoms with Crippen molar-refractivity contribution in [2.24, 2.45) is 5.92 Å². The number of rotatable bonds is 1. The van der Waals surface area contributed by atoms with Crippen LogP contribution in [0.15, 0.2) is 24.3 Å². The molecule has 0 aromatic rings. The maximum atomic E-state index is 10.0. The van der Waals surface area contributed by atoms with E-state index in [0.717, 1.165) is 18.4 Å². The van der Waals surface area contributed by atoms with Crippen molar-refractivity contribution < 1.29 is 14.6 Å². The molecular weight excluding hydrogens is 180 g/mol. The minimum absolute atomic E-state index is 0.0199. The van der Waals surface area contributed by atoms with Crippen molar-refractivity contribution >= 4 is 0 Å². The maximum Gasteiger partial charge on any atom is 0.178 e. The van der Waals surface area contributed by atoms with Gasteiger partial charge < -0.3 is 14.6 Å². The van der Waals surface area contributed by atoms with E-state index in [-0.39, 0.29) is 12.0 Å². The molecule has 3 heterocycles. The van der Waals surface area contributed by atoms with Gasteiger partial charge in [-0.3, -0.25) is 0 Å². The predicted octanol–water partition coefficient (Wildman–Crippen LogP) is 0.995. The largest absolute Gasteiger partial charge is 0.390 e. The second-order valence-corrected chi connectivity index (χ2v) is 4.24. The molecular formula is C11H14O3. The van der Waals surface area contributed by atoms with Crippen LogP contribution >= 0.6 is 0 Å². The molecule has 14 heavy (non-hydrogen) atoms. The van der Waals surface area contributed by atoms with Crippen LogP contribution in [0.1, 0.15) is 12.8 Å². The van der Waals surface area contributed by atoms with Gasteiger partial charge in [0.1, 0.15) is 0 Å². The average molecular weight is 194 g/mol. The topological polar surface area (TPSA) is 38.7 Å². The summed E-state index contributed by atoms with van der Waals surface area (Å²) in [6.07, 6.45) is 5.10. The van der Waals surface area contributed by atoms with Crippen LogP contribution in [0.4, 0.5) is 0 Å². The Kier molecular flexibility index (Phi) is 1.66. The van der Waals surface area contributed by atoms with E-state index in [2.05, 4.69) is 6.58 Å². The molecule has 0 saturated carbocycles. The van der Waals surface area contributed by atoms with Crippen LogP contribution in [0.3, 0.4) is 0 Å². The molecule has 4 atom stereocenters. The smallest absolute Gasteiger partial charge is 0.178 e. The fraction of sp³-hybridized carbons (Fsp3) is 0.636. The van der Waals surface area contributed by atoms with Crippen LogP contribution in [0, 0.1) is 5.92 Å². The van der Waals surface area contributed by atoms with Crippen molar-refractivity contribution in [3.05, 3.63) is 24.3 Å². The first-order chi connectivity index (χ1) is 6.77. The minimum Gasteiger partial charge on any atom is -0.390 e. The average Bonchev–Trinajstić information content (AvgIpc) is 2.79. The second-order valence-electron chi connectivity index (χ2n) is 4.24. The van der Waals surface area contributed by atoms with Crippen molar-refractivity contribution in [2.75, 3.05) is 6.61 Å². The Morgan fingerprint density at radius 2 is 2.43 bits per heavy atom. The van der Waals surface area contributed by atoms with Gasteiger partial charge in [0.05, 0.1) is 24.7 Å². The highest BCUT2D eigenvalue weighted by Crippen LogP contribution is 2.55. The van der Waals surface area contributed by atoms with Crippen LogP contribution in [0.5, 0.6) is 0 Å². The second kappa shape index (κ2) is 2.69. The Bertz CT molecular complexity index is 310. The third-order valence-corrected chi connectivity index (χ3v) is 3.54. The fourth-order valence-corrected chi connectivity index (χ4v) is 2.96. The summed E-state index contributed by atoms with van der Waals surface area (Å²) in [6.45, 7) is 4.24. The first-order valence-corrected chi connectivity index (χ1v) is 5.08. The summed E-state index contributed by atoms with van der Waals surface area (Å²) in [5.74, 6) is -0.460. The van der Waals surface area contributed by atoms with E-state index in [0.29, 0.717) is 6.61 Å².